The van der Waals surface area contributed by atoms with Crippen molar-refractivity contribution in [3.63, 3.8) is 0 Å². The maximum absolute atomic E-state index is 12.6. The zero-order valence-corrected chi connectivity index (χ0v) is 16.0. The third kappa shape index (κ3) is 3.98. The van der Waals surface area contributed by atoms with Crippen molar-refractivity contribution in [3.8, 4) is 5.75 Å². The van der Waals surface area contributed by atoms with E-state index in [1.165, 1.54) is 0 Å². The lowest BCUT2D eigenvalue weighted by Crippen LogP contribution is -2.46. The van der Waals surface area contributed by atoms with Gasteiger partial charge in [0.25, 0.3) is 5.91 Å². The lowest BCUT2D eigenvalue weighted by molar-refractivity contribution is -0.135. The zero-order valence-electron chi connectivity index (χ0n) is 16.0. The fourth-order valence-corrected chi connectivity index (χ4v) is 4.39. The summed E-state index contributed by atoms with van der Waals surface area (Å²) in [5.41, 5.74) is -0.114. The van der Waals surface area contributed by atoms with Crippen molar-refractivity contribution in [2.24, 2.45) is 0 Å². The van der Waals surface area contributed by atoms with Gasteiger partial charge in [-0.05, 0) is 31.4 Å². The lowest BCUT2D eigenvalue weighted by Gasteiger charge is -2.32. The predicted octanol–water partition coefficient (Wildman–Crippen LogP) is 1.62. The average Bonchev–Trinajstić information content (AvgIpc) is 3.09. The van der Waals surface area contributed by atoms with E-state index in [-0.39, 0.29) is 30.3 Å². The maximum Gasteiger partial charge on any atom is 0.255 e. The highest BCUT2D eigenvalue weighted by atomic mass is 16.5. The smallest absolute Gasteiger partial charge is 0.255 e. The Morgan fingerprint density at radius 1 is 1.21 bits per heavy atom. The molecule has 0 bridgehead atoms. The van der Waals surface area contributed by atoms with E-state index in [0.717, 1.165) is 25.7 Å². The summed E-state index contributed by atoms with van der Waals surface area (Å²) in [6, 6.07) is 7.43. The Kier molecular flexibility index (Phi) is 5.24. The number of nitrogens with one attached hydrogen (secondary N) is 2. The van der Waals surface area contributed by atoms with E-state index in [2.05, 4.69) is 10.6 Å². The normalized spacial score (nSPS) is 25.5. The van der Waals surface area contributed by atoms with Crippen LogP contribution in [-0.2, 0) is 9.59 Å². The van der Waals surface area contributed by atoms with Crippen LogP contribution in [0.2, 0.25) is 0 Å². The Morgan fingerprint density at radius 3 is 2.82 bits per heavy atom. The summed E-state index contributed by atoms with van der Waals surface area (Å²) < 4.78 is 6.28. The molecule has 2 fully saturated rings. The average molecular weight is 385 g/mol. The van der Waals surface area contributed by atoms with Gasteiger partial charge in [0.1, 0.15) is 11.4 Å². The van der Waals surface area contributed by atoms with E-state index in [0.29, 0.717) is 43.7 Å². The summed E-state index contributed by atoms with van der Waals surface area (Å²) in [5, 5.41) is 5.98. The van der Waals surface area contributed by atoms with Crippen LogP contribution in [0.1, 0.15) is 55.3 Å². The number of rotatable bonds is 3. The second-order valence-corrected chi connectivity index (χ2v) is 8.08. The molecule has 1 saturated heterocycles. The molecule has 1 aromatic carbocycles. The van der Waals surface area contributed by atoms with Crippen LogP contribution in [0.4, 0.5) is 0 Å². The van der Waals surface area contributed by atoms with Gasteiger partial charge in [-0.3, -0.25) is 14.4 Å². The van der Waals surface area contributed by atoms with Crippen molar-refractivity contribution in [2.75, 3.05) is 19.6 Å². The molecule has 1 aromatic rings. The highest BCUT2D eigenvalue weighted by Gasteiger charge is 2.40. The minimum atomic E-state index is -0.630. The van der Waals surface area contributed by atoms with Crippen LogP contribution < -0.4 is 15.4 Å². The van der Waals surface area contributed by atoms with Gasteiger partial charge in [0.05, 0.1) is 18.7 Å². The summed E-state index contributed by atoms with van der Waals surface area (Å²) in [4.78, 5) is 38.9. The molecule has 4 rings (SSSR count). The van der Waals surface area contributed by atoms with E-state index >= 15 is 0 Å². The van der Waals surface area contributed by atoms with Gasteiger partial charge in [-0.25, -0.2) is 0 Å². The number of fused-ring (bicyclic) bond motifs is 1. The molecule has 7 nitrogen and oxygen atoms in total. The first-order valence-electron chi connectivity index (χ1n) is 10.2. The van der Waals surface area contributed by atoms with Crippen molar-refractivity contribution < 1.29 is 19.1 Å². The van der Waals surface area contributed by atoms with Crippen LogP contribution >= 0.6 is 0 Å². The first-order chi connectivity index (χ1) is 13.5. The summed E-state index contributed by atoms with van der Waals surface area (Å²) in [5.74, 6) is 0.274. The Hall–Kier alpha value is -2.57. The van der Waals surface area contributed by atoms with Gasteiger partial charge >= 0.3 is 0 Å². The topological polar surface area (TPSA) is 87.7 Å². The number of ether oxygens (including phenoxy) is 1. The minimum Gasteiger partial charge on any atom is -0.485 e. The Balaban J connectivity index is 1.43. The monoisotopic (exact) mass is 385 g/mol. The van der Waals surface area contributed by atoms with E-state index in [1.54, 1.807) is 23.1 Å². The van der Waals surface area contributed by atoms with E-state index in [4.69, 9.17) is 4.74 Å². The molecule has 28 heavy (non-hydrogen) atoms. The summed E-state index contributed by atoms with van der Waals surface area (Å²) in [7, 11) is 0. The molecule has 2 N–H and O–H groups in total. The number of likely N-dealkylation sites (tertiary alicyclic amines) is 1. The largest absolute Gasteiger partial charge is 0.485 e. The summed E-state index contributed by atoms with van der Waals surface area (Å²) in [6.07, 6.45) is 5.74. The van der Waals surface area contributed by atoms with Crippen molar-refractivity contribution in [2.45, 2.75) is 56.6 Å². The standard InChI is InChI=1S/C21H27N3O4/c25-18(23-15-5-1-2-6-15)13-24-12-11-21(10-9-19(24)26)14-22-20(27)16-7-3-4-8-17(16)28-21/h3-4,7-8,15H,1-2,5-6,9-14H2,(H,22,27)(H,23,25). The molecular formula is C21H27N3O4. The predicted molar refractivity (Wildman–Crippen MR) is 103 cm³/mol. The van der Waals surface area contributed by atoms with Crippen LogP contribution in [-0.4, -0.2) is 53.9 Å². The molecule has 1 unspecified atom stereocenters. The SMILES string of the molecule is O=C(CN1CCC2(CCC1=O)CNC(=O)c1ccccc1O2)NC1CCCC1. The maximum atomic E-state index is 12.6. The molecule has 0 radical (unpaired) electrons. The van der Waals surface area contributed by atoms with Crippen molar-refractivity contribution >= 4 is 17.7 Å². The molecule has 1 atom stereocenters. The van der Waals surface area contributed by atoms with Crippen molar-refractivity contribution in [3.05, 3.63) is 29.8 Å². The molecule has 1 aliphatic carbocycles. The third-order valence-corrected chi connectivity index (χ3v) is 6.07. The molecule has 2 aliphatic heterocycles. The second kappa shape index (κ2) is 7.81. The Morgan fingerprint density at radius 2 is 2.00 bits per heavy atom. The van der Waals surface area contributed by atoms with E-state index < -0.39 is 5.60 Å². The molecule has 1 spiro atoms. The van der Waals surface area contributed by atoms with E-state index in [1.807, 2.05) is 6.07 Å². The zero-order chi connectivity index (χ0) is 19.6. The molecule has 7 heteroatoms. The number of para-hydroxylation sites is 1. The molecule has 3 amide bonds. The third-order valence-electron chi connectivity index (χ3n) is 6.07. The number of carbonyl (C=O) groups excluding carboxylic acids is 3. The molecule has 0 aromatic heterocycles. The van der Waals surface area contributed by atoms with Gasteiger partial charge in [0, 0.05) is 25.4 Å². The van der Waals surface area contributed by atoms with Crippen LogP contribution in [0.15, 0.2) is 24.3 Å². The molecule has 1 saturated carbocycles. The van der Waals surface area contributed by atoms with Crippen molar-refractivity contribution in [1.29, 1.82) is 0 Å². The highest BCUT2D eigenvalue weighted by molar-refractivity contribution is 5.97. The fourth-order valence-electron chi connectivity index (χ4n) is 4.39. The second-order valence-electron chi connectivity index (χ2n) is 8.08. The number of hydrogen-bond donors (Lipinski definition) is 2. The summed E-state index contributed by atoms with van der Waals surface area (Å²) >= 11 is 0. The van der Waals surface area contributed by atoms with Gasteiger partial charge < -0.3 is 20.3 Å². The van der Waals surface area contributed by atoms with Crippen LogP contribution in [0.3, 0.4) is 0 Å². The number of amides is 3. The van der Waals surface area contributed by atoms with Crippen LogP contribution in [0.5, 0.6) is 5.75 Å². The lowest BCUT2D eigenvalue weighted by atomic mass is 9.94. The number of nitrogens with zero attached hydrogens (tertiary/aromatic N) is 1. The first kappa shape index (κ1) is 18.8. The van der Waals surface area contributed by atoms with Gasteiger partial charge in [-0.1, -0.05) is 25.0 Å². The quantitative estimate of drug-likeness (QED) is 0.828. The molecule has 3 aliphatic rings. The van der Waals surface area contributed by atoms with Gasteiger partial charge in [-0.2, -0.15) is 0 Å². The molecular weight excluding hydrogens is 358 g/mol. The highest BCUT2D eigenvalue weighted by Crippen LogP contribution is 2.33. The molecule has 150 valence electrons. The van der Waals surface area contributed by atoms with Crippen molar-refractivity contribution in [1.82, 2.24) is 15.5 Å². The molecule has 2 heterocycles. The van der Waals surface area contributed by atoms with E-state index in [9.17, 15) is 14.4 Å². The Labute approximate surface area is 164 Å². The number of benzene rings is 1. The van der Waals surface area contributed by atoms with Crippen LogP contribution in [0.25, 0.3) is 0 Å². The summed E-state index contributed by atoms with van der Waals surface area (Å²) in [6.45, 7) is 0.888. The number of hydrogen-bond acceptors (Lipinski definition) is 4. The van der Waals surface area contributed by atoms with Gasteiger partial charge in [0.15, 0.2) is 0 Å². The minimum absolute atomic E-state index is 0.0362. The fraction of sp³-hybridized carbons (Fsp3) is 0.571. The van der Waals surface area contributed by atoms with Gasteiger partial charge in [0.2, 0.25) is 11.8 Å². The Bertz CT molecular complexity index is 775. The first-order valence-corrected chi connectivity index (χ1v) is 10.2. The number of carbonyl (C=O) groups is 3. The van der Waals surface area contributed by atoms with Gasteiger partial charge in [-0.15, -0.1) is 0 Å². The van der Waals surface area contributed by atoms with Crippen LogP contribution in [0, 0.1) is 0 Å².